The molecule has 0 amide bonds. The van der Waals surface area contributed by atoms with Crippen molar-refractivity contribution in [2.24, 2.45) is 5.92 Å². The number of carbonyl (C=O) groups excluding carboxylic acids is 1. The predicted octanol–water partition coefficient (Wildman–Crippen LogP) is 4.57. The average Bonchev–Trinajstić information content (AvgIpc) is 3.02. The molecule has 1 N–H and O–H groups in total. The minimum Gasteiger partial charge on any atom is -0.454 e. The molecular weight excluding hydrogens is 384 g/mol. The van der Waals surface area contributed by atoms with E-state index in [1.54, 1.807) is 18.3 Å². The molecule has 0 aliphatic heterocycles. The third kappa shape index (κ3) is 3.99. The topological polar surface area (TPSA) is 72.0 Å². The first-order chi connectivity index (χ1) is 13.8. The number of benzene rings is 1. The van der Waals surface area contributed by atoms with Crippen LogP contribution in [0.4, 0.5) is 0 Å². The van der Waals surface area contributed by atoms with Gasteiger partial charge in [-0.25, -0.2) is 4.98 Å². The summed E-state index contributed by atoms with van der Waals surface area (Å²) in [5.74, 6) is 0.713. The summed E-state index contributed by atoms with van der Waals surface area (Å²) >= 11 is 1.60. The highest BCUT2D eigenvalue weighted by molar-refractivity contribution is 7.18. The zero-order chi connectivity index (χ0) is 20.7. The van der Waals surface area contributed by atoms with Crippen molar-refractivity contribution in [2.45, 2.75) is 59.5 Å². The van der Waals surface area contributed by atoms with Crippen molar-refractivity contribution in [2.75, 3.05) is 0 Å². The van der Waals surface area contributed by atoms with Gasteiger partial charge in [0.1, 0.15) is 4.83 Å². The third-order valence-electron chi connectivity index (χ3n) is 5.80. The number of carbonyl (C=O) groups is 1. The number of hydrogen-bond acceptors (Lipinski definition) is 5. The Morgan fingerprint density at radius 2 is 2.14 bits per heavy atom. The summed E-state index contributed by atoms with van der Waals surface area (Å²) in [6, 6.07) is 5.95. The normalized spacial score (nSPS) is 17.2. The van der Waals surface area contributed by atoms with E-state index in [0.29, 0.717) is 17.1 Å². The first kappa shape index (κ1) is 19.8. The van der Waals surface area contributed by atoms with Crippen molar-refractivity contribution < 1.29 is 9.53 Å². The molecular formula is C23H26N2O3S. The molecule has 1 aliphatic carbocycles. The van der Waals surface area contributed by atoms with Crippen LogP contribution in [0.3, 0.4) is 0 Å². The Morgan fingerprint density at radius 1 is 1.34 bits per heavy atom. The fraction of sp³-hybridized carbons (Fsp3) is 0.435. The Bertz CT molecular complexity index is 1140. The van der Waals surface area contributed by atoms with Crippen LogP contribution in [-0.2, 0) is 28.8 Å². The number of rotatable bonds is 4. The lowest BCUT2D eigenvalue weighted by molar-refractivity contribution is -0.148. The number of fused-ring (bicyclic) bond motifs is 3. The molecule has 0 saturated heterocycles. The molecule has 0 saturated carbocycles. The average molecular weight is 411 g/mol. The minimum atomic E-state index is -0.607. The predicted molar refractivity (Wildman–Crippen MR) is 116 cm³/mol. The van der Waals surface area contributed by atoms with Gasteiger partial charge in [-0.3, -0.25) is 9.59 Å². The van der Waals surface area contributed by atoms with E-state index in [9.17, 15) is 9.59 Å². The Hall–Kier alpha value is -2.47. The van der Waals surface area contributed by atoms with Gasteiger partial charge in [0.05, 0.1) is 11.8 Å². The first-order valence-corrected chi connectivity index (χ1v) is 10.9. The van der Waals surface area contributed by atoms with E-state index in [4.69, 9.17) is 4.74 Å². The van der Waals surface area contributed by atoms with E-state index in [0.717, 1.165) is 40.8 Å². The highest BCUT2D eigenvalue weighted by atomic mass is 32.1. The molecule has 4 rings (SSSR count). The van der Waals surface area contributed by atoms with E-state index in [2.05, 4.69) is 16.9 Å². The maximum atomic E-state index is 12.7. The van der Waals surface area contributed by atoms with Gasteiger partial charge in [-0.15, -0.1) is 11.3 Å². The van der Waals surface area contributed by atoms with E-state index in [-0.39, 0.29) is 17.9 Å². The highest BCUT2D eigenvalue weighted by Crippen LogP contribution is 2.36. The van der Waals surface area contributed by atoms with Gasteiger partial charge in [0, 0.05) is 4.88 Å². The van der Waals surface area contributed by atoms with Crippen molar-refractivity contribution in [1.82, 2.24) is 9.97 Å². The highest BCUT2D eigenvalue weighted by Gasteiger charge is 2.24. The molecule has 1 aliphatic rings. The van der Waals surface area contributed by atoms with Gasteiger partial charge >= 0.3 is 5.97 Å². The fourth-order valence-electron chi connectivity index (χ4n) is 3.93. The zero-order valence-electron chi connectivity index (χ0n) is 17.3. The van der Waals surface area contributed by atoms with Crippen molar-refractivity contribution in [3.8, 4) is 0 Å². The summed E-state index contributed by atoms with van der Waals surface area (Å²) < 4.78 is 5.57. The lowest BCUT2D eigenvalue weighted by Gasteiger charge is -2.17. The Kier molecular flexibility index (Phi) is 5.30. The van der Waals surface area contributed by atoms with E-state index < -0.39 is 6.10 Å². The Labute approximate surface area is 174 Å². The van der Waals surface area contributed by atoms with Crippen LogP contribution in [0.1, 0.15) is 59.3 Å². The van der Waals surface area contributed by atoms with Crippen LogP contribution in [0.5, 0.6) is 0 Å². The summed E-state index contributed by atoms with van der Waals surface area (Å²) in [5.41, 5.74) is 4.29. The van der Waals surface area contributed by atoms with Gasteiger partial charge in [-0.2, -0.15) is 0 Å². The van der Waals surface area contributed by atoms with Gasteiger partial charge in [0.15, 0.2) is 11.9 Å². The van der Waals surface area contributed by atoms with E-state index in [1.165, 1.54) is 10.4 Å². The number of aromatic amines is 1. The van der Waals surface area contributed by atoms with Gasteiger partial charge < -0.3 is 9.72 Å². The quantitative estimate of drug-likeness (QED) is 0.640. The third-order valence-corrected chi connectivity index (χ3v) is 6.95. The van der Waals surface area contributed by atoms with Crippen molar-refractivity contribution in [3.05, 3.63) is 61.5 Å². The van der Waals surface area contributed by atoms with Gasteiger partial charge in [0.2, 0.25) is 0 Å². The maximum Gasteiger partial charge on any atom is 0.310 e. The number of aryl methyl sites for hydroxylation is 3. The number of ether oxygens (including phenoxy) is 1. The summed E-state index contributed by atoms with van der Waals surface area (Å²) in [6.45, 7) is 8.06. The molecule has 0 bridgehead atoms. The molecule has 3 aromatic rings. The summed E-state index contributed by atoms with van der Waals surface area (Å²) in [4.78, 5) is 34.6. The number of nitrogens with zero attached hydrogens (tertiary/aromatic N) is 1. The zero-order valence-corrected chi connectivity index (χ0v) is 18.1. The molecule has 6 heteroatoms. The van der Waals surface area contributed by atoms with Gasteiger partial charge in [0.25, 0.3) is 5.56 Å². The molecule has 2 atom stereocenters. The van der Waals surface area contributed by atoms with Crippen LogP contribution in [-0.4, -0.2) is 15.9 Å². The minimum absolute atomic E-state index is 0.130. The van der Waals surface area contributed by atoms with Gasteiger partial charge in [-0.05, 0) is 68.2 Å². The summed E-state index contributed by atoms with van der Waals surface area (Å²) in [7, 11) is 0. The maximum absolute atomic E-state index is 12.7. The fourth-order valence-corrected chi connectivity index (χ4v) is 5.32. The van der Waals surface area contributed by atoms with Crippen LogP contribution in [0.2, 0.25) is 0 Å². The standard InChI is InChI=1S/C23H26N2O3S/c1-12-5-8-17-18(9-12)29-23-20(17)22(27)24-21(25-23)15(4)28-19(26)11-16-7-6-13(2)14(3)10-16/h6-7,10,12,15H,5,8-9,11H2,1-4H3,(H,24,25,27)/t12-,15+/m1/s1. The van der Waals surface area contributed by atoms with Crippen molar-refractivity contribution in [1.29, 1.82) is 0 Å². The molecule has 29 heavy (non-hydrogen) atoms. The number of thiophene rings is 1. The number of esters is 1. The largest absolute Gasteiger partial charge is 0.454 e. The number of H-pyrrole nitrogens is 1. The molecule has 0 radical (unpaired) electrons. The number of nitrogens with one attached hydrogen (secondary N) is 1. The van der Waals surface area contributed by atoms with E-state index >= 15 is 0 Å². The Morgan fingerprint density at radius 3 is 2.90 bits per heavy atom. The second-order valence-corrected chi connectivity index (χ2v) is 9.29. The molecule has 152 valence electrons. The van der Waals surface area contributed by atoms with Crippen LogP contribution < -0.4 is 5.56 Å². The van der Waals surface area contributed by atoms with Crippen LogP contribution >= 0.6 is 11.3 Å². The van der Waals surface area contributed by atoms with Crippen LogP contribution in [0.15, 0.2) is 23.0 Å². The van der Waals surface area contributed by atoms with Crippen LogP contribution in [0.25, 0.3) is 10.2 Å². The second kappa shape index (κ2) is 7.75. The second-order valence-electron chi connectivity index (χ2n) is 8.21. The van der Waals surface area contributed by atoms with Gasteiger partial charge in [-0.1, -0.05) is 25.1 Å². The van der Waals surface area contributed by atoms with E-state index in [1.807, 2.05) is 32.0 Å². The lowest BCUT2D eigenvalue weighted by atomic mass is 9.89. The molecule has 2 aromatic heterocycles. The molecule has 0 unspecified atom stereocenters. The van der Waals surface area contributed by atoms with Crippen molar-refractivity contribution >= 4 is 27.5 Å². The first-order valence-electron chi connectivity index (χ1n) is 10.1. The molecule has 5 nitrogen and oxygen atoms in total. The Balaban J connectivity index is 1.53. The van der Waals surface area contributed by atoms with Crippen molar-refractivity contribution in [3.63, 3.8) is 0 Å². The SMILES string of the molecule is Cc1ccc(CC(=O)O[C@@H](C)c2nc3sc4c(c3c(=O)[nH]2)CC[C@@H](C)C4)cc1C. The molecule has 0 spiro atoms. The monoisotopic (exact) mass is 410 g/mol. The summed E-state index contributed by atoms with van der Waals surface area (Å²) in [6.07, 6.45) is 2.63. The number of aromatic nitrogens is 2. The summed E-state index contributed by atoms with van der Waals surface area (Å²) in [5, 5.41) is 0.717. The smallest absolute Gasteiger partial charge is 0.310 e. The number of hydrogen-bond donors (Lipinski definition) is 1. The molecule has 1 aromatic carbocycles. The molecule has 0 fully saturated rings. The lowest BCUT2D eigenvalue weighted by Crippen LogP contribution is -2.19. The molecule has 2 heterocycles. The van der Waals surface area contributed by atoms with Crippen LogP contribution in [0, 0.1) is 19.8 Å².